The van der Waals surface area contributed by atoms with Gasteiger partial charge in [-0.05, 0) is 62.7 Å². The summed E-state index contributed by atoms with van der Waals surface area (Å²) in [6.07, 6.45) is 2.86. The van der Waals surface area contributed by atoms with E-state index < -0.39 is 27.7 Å². The van der Waals surface area contributed by atoms with Crippen LogP contribution in [0.2, 0.25) is 0 Å². The van der Waals surface area contributed by atoms with Crippen LogP contribution in [0.25, 0.3) is 22.2 Å². The molecule has 1 aliphatic heterocycles. The molecule has 0 saturated carbocycles. The lowest BCUT2D eigenvalue weighted by molar-refractivity contribution is 0.0546. The van der Waals surface area contributed by atoms with Crippen molar-refractivity contribution in [2.45, 2.75) is 45.9 Å². The standard InChI is InChI=1S/C31H34N4O7S/c1-31(2,3)41-30(37)35-24-10-9-19(17-32-13-11-21-8-6-7-12-33-21)14-20(24)15-25(35)22-16-26(40-4)28(42-43(5,38)39)23-18-34-29(36)27(22)23/h6-10,12,14-16,32H,11,13,17-18H2,1-5H3,(H,34,36). The van der Waals surface area contributed by atoms with Crippen molar-refractivity contribution >= 4 is 33.0 Å². The summed E-state index contributed by atoms with van der Waals surface area (Å²) in [5.74, 6) is -0.389. The molecule has 0 aliphatic carbocycles. The molecule has 5 rings (SSSR count). The zero-order valence-corrected chi connectivity index (χ0v) is 25.5. The SMILES string of the molecule is COc1cc(-c2cc3cc(CNCCc4ccccn4)ccc3n2C(=O)OC(C)(C)C)c2c(c1OS(C)(=O)=O)CNC2=O. The Morgan fingerprint density at radius 1 is 1.14 bits per heavy atom. The predicted octanol–water partition coefficient (Wildman–Crippen LogP) is 4.41. The van der Waals surface area contributed by atoms with Crippen LogP contribution in [-0.2, 0) is 34.4 Å². The van der Waals surface area contributed by atoms with Gasteiger partial charge in [0.2, 0.25) is 0 Å². The molecule has 0 bridgehead atoms. The van der Waals surface area contributed by atoms with E-state index in [-0.39, 0.29) is 23.6 Å². The summed E-state index contributed by atoms with van der Waals surface area (Å²) in [6.45, 7) is 6.69. The van der Waals surface area contributed by atoms with Crippen LogP contribution in [0.5, 0.6) is 11.5 Å². The number of hydrogen-bond acceptors (Lipinski definition) is 9. The van der Waals surface area contributed by atoms with Crippen molar-refractivity contribution < 1.29 is 31.7 Å². The van der Waals surface area contributed by atoms with E-state index >= 15 is 0 Å². The van der Waals surface area contributed by atoms with Gasteiger partial charge in [-0.25, -0.2) is 9.36 Å². The van der Waals surface area contributed by atoms with Gasteiger partial charge in [-0.2, -0.15) is 8.42 Å². The quantitative estimate of drug-likeness (QED) is 0.210. The van der Waals surface area contributed by atoms with Gasteiger partial charge in [0.05, 0.1) is 30.1 Å². The molecule has 0 radical (unpaired) electrons. The minimum absolute atomic E-state index is 0.0319. The van der Waals surface area contributed by atoms with Gasteiger partial charge in [0.1, 0.15) is 5.60 Å². The van der Waals surface area contributed by atoms with Gasteiger partial charge < -0.3 is 24.3 Å². The second-order valence-electron chi connectivity index (χ2n) is 11.3. The number of amides is 1. The highest BCUT2D eigenvalue weighted by molar-refractivity contribution is 7.86. The highest BCUT2D eigenvalue weighted by Gasteiger charge is 2.34. The Morgan fingerprint density at radius 2 is 1.93 bits per heavy atom. The van der Waals surface area contributed by atoms with E-state index in [0.29, 0.717) is 28.9 Å². The number of benzene rings is 2. The third-order valence-electron chi connectivity index (χ3n) is 6.78. The largest absolute Gasteiger partial charge is 0.493 e. The molecule has 43 heavy (non-hydrogen) atoms. The molecule has 4 aromatic rings. The van der Waals surface area contributed by atoms with Crippen LogP contribution < -0.4 is 19.6 Å². The number of rotatable bonds is 9. The van der Waals surface area contributed by atoms with E-state index in [1.54, 1.807) is 27.0 Å². The number of carbonyl (C=O) groups excluding carboxylic acids is 2. The Morgan fingerprint density at radius 3 is 2.60 bits per heavy atom. The third kappa shape index (κ3) is 6.65. The molecule has 0 saturated heterocycles. The van der Waals surface area contributed by atoms with E-state index in [4.69, 9.17) is 13.7 Å². The zero-order chi connectivity index (χ0) is 30.9. The van der Waals surface area contributed by atoms with Crippen molar-refractivity contribution in [3.63, 3.8) is 0 Å². The van der Waals surface area contributed by atoms with Gasteiger partial charge in [-0.15, -0.1) is 0 Å². The van der Waals surface area contributed by atoms with Crippen LogP contribution in [0.15, 0.2) is 54.7 Å². The molecule has 2 N–H and O–H groups in total. The molecule has 0 spiro atoms. The van der Waals surface area contributed by atoms with Gasteiger partial charge in [-0.3, -0.25) is 9.78 Å². The summed E-state index contributed by atoms with van der Waals surface area (Å²) in [5.41, 5.74) is 3.09. The van der Waals surface area contributed by atoms with Crippen molar-refractivity contribution in [2.24, 2.45) is 0 Å². The minimum Gasteiger partial charge on any atom is -0.493 e. The first kappa shape index (κ1) is 30.1. The van der Waals surface area contributed by atoms with Crippen molar-refractivity contribution in [1.29, 1.82) is 0 Å². The van der Waals surface area contributed by atoms with Crippen LogP contribution in [-0.4, -0.2) is 55.5 Å². The van der Waals surface area contributed by atoms with Crippen molar-refractivity contribution in [3.8, 4) is 22.8 Å². The number of hydrogen-bond donors (Lipinski definition) is 2. The number of carbonyl (C=O) groups is 2. The highest BCUT2D eigenvalue weighted by atomic mass is 32.2. The van der Waals surface area contributed by atoms with Gasteiger partial charge in [0.25, 0.3) is 5.91 Å². The number of nitrogens with one attached hydrogen (secondary N) is 2. The Labute approximate surface area is 250 Å². The maximum atomic E-state index is 13.6. The third-order valence-corrected chi connectivity index (χ3v) is 7.25. The van der Waals surface area contributed by atoms with E-state index in [2.05, 4.69) is 15.6 Å². The Bertz CT molecular complexity index is 1810. The average Bonchev–Trinajstić information content (AvgIpc) is 3.51. The van der Waals surface area contributed by atoms with Crippen molar-refractivity contribution in [3.05, 3.63) is 77.1 Å². The second kappa shape index (κ2) is 11.7. The molecule has 1 aliphatic rings. The second-order valence-corrected chi connectivity index (χ2v) is 12.8. The summed E-state index contributed by atoms with van der Waals surface area (Å²) >= 11 is 0. The molecule has 11 nitrogen and oxygen atoms in total. The summed E-state index contributed by atoms with van der Waals surface area (Å²) in [7, 11) is -2.55. The van der Waals surface area contributed by atoms with Gasteiger partial charge in [-0.1, -0.05) is 12.1 Å². The summed E-state index contributed by atoms with van der Waals surface area (Å²) in [4.78, 5) is 31.1. The van der Waals surface area contributed by atoms with E-state index in [1.807, 2.05) is 42.5 Å². The fourth-order valence-electron chi connectivity index (χ4n) is 5.05. The molecule has 2 aromatic heterocycles. The lowest BCUT2D eigenvalue weighted by Gasteiger charge is -2.22. The van der Waals surface area contributed by atoms with Crippen molar-refractivity contribution in [1.82, 2.24) is 20.2 Å². The van der Waals surface area contributed by atoms with E-state index in [9.17, 15) is 18.0 Å². The number of ether oxygens (including phenoxy) is 2. The molecule has 12 heteroatoms. The normalized spacial score (nSPS) is 13.1. The molecule has 226 valence electrons. The van der Waals surface area contributed by atoms with Crippen LogP contribution in [0.4, 0.5) is 4.79 Å². The van der Waals surface area contributed by atoms with Crippen LogP contribution in [0.1, 0.15) is 48.0 Å². The lowest BCUT2D eigenvalue weighted by Crippen LogP contribution is -2.27. The number of pyridine rings is 1. The first-order valence-electron chi connectivity index (χ1n) is 13.7. The maximum Gasteiger partial charge on any atom is 0.419 e. The lowest BCUT2D eigenvalue weighted by atomic mass is 9.98. The van der Waals surface area contributed by atoms with E-state index in [1.165, 1.54) is 17.7 Å². The monoisotopic (exact) mass is 606 g/mol. The van der Waals surface area contributed by atoms with Gasteiger partial charge in [0.15, 0.2) is 11.5 Å². The Hall–Kier alpha value is -4.42. The molecular weight excluding hydrogens is 572 g/mol. The zero-order valence-electron chi connectivity index (χ0n) is 24.7. The highest BCUT2D eigenvalue weighted by Crippen LogP contribution is 2.44. The van der Waals surface area contributed by atoms with Crippen molar-refractivity contribution in [2.75, 3.05) is 19.9 Å². The van der Waals surface area contributed by atoms with E-state index in [0.717, 1.165) is 35.9 Å². The minimum atomic E-state index is -3.93. The fourth-order valence-corrected chi connectivity index (χ4v) is 5.53. The molecule has 1 amide bonds. The molecule has 2 aromatic carbocycles. The first-order chi connectivity index (χ1) is 20.3. The van der Waals surface area contributed by atoms with Crippen LogP contribution in [0.3, 0.4) is 0 Å². The predicted molar refractivity (Wildman–Crippen MR) is 162 cm³/mol. The topological polar surface area (TPSA) is 138 Å². The summed E-state index contributed by atoms with van der Waals surface area (Å²) in [5, 5.41) is 6.92. The Balaban J connectivity index is 1.59. The summed E-state index contributed by atoms with van der Waals surface area (Å²) in [6, 6.07) is 14.9. The molecule has 0 unspecified atom stereocenters. The number of fused-ring (bicyclic) bond motifs is 2. The molecular formula is C31H34N4O7S. The van der Waals surface area contributed by atoms with Gasteiger partial charge >= 0.3 is 16.2 Å². The number of nitrogens with zero attached hydrogens (tertiary/aromatic N) is 2. The smallest absolute Gasteiger partial charge is 0.419 e. The molecule has 0 fully saturated rings. The summed E-state index contributed by atoms with van der Waals surface area (Å²) < 4.78 is 42.0. The fraction of sp³-hybridized carbons (Fsp3) is 0.323. The maximum absolute atomic E-state index is 13.6. The Kier molecular flexibility index (Phi) is 8.17. The molecule has 3 heterocycles. The number of aromatic nitrogens is 2. The average molecular weight is 607 g/mol. The van der Waals surface area contributed by atoms with Crippen LogP contribution >= 0.6 is 0 Å². The number of methoxy groups -OCH3 is 1. The van der Waals surface area contributed by atoms with Crippen LogP contribution in [0, 0.1) is 0 Å². The van der Waals surface area contributed by atoms with Gasteiger partial charge in [0, 0.05) is 54.5 Å². The molecule has 0 atom stereocenters. The first-order valence-corrected chi connectivity index (χ1v) is 15.6.